The Balaban J connectivity index is 2.14. The quantitative estimate of drug-likeness (QED) is 0.710. The zero-order chi connectivity index (χ0) is 10.3. The van der Waals surface area contributed by atoms with E-state index in [2.05, 4.69) is 17.4 Å². The van der Waals surface area contributed by atoms with E-state index in [0.717, 1.165) is 22.3 Å². The van der Waals surface area contributed by atoms with E-state index in [1.54, 1.807) is 7.05 Å². The van der Waals surface area contributed by atoms with Crippen molar-refractivity contribution in [3.63, 3.8) is 0 Å². The van der Waals surface area contributed by atoms with Crippen LogP contribution < -0.4 is 14.5 Å². The molecule has 1 aliphatic rings. The highest BCUT2D eigenvalue weighted by molar-refractivity contribution is 6.44. The molecule has 1 N–H and O–H groups in total. The van der Waals surface area contributed by atoms with Gasteiger partial charge in [-0.05, 0) is 30.0 Å². The normalized spacial score (nSPS) is 13.5. The summed E-state index contributed by atoms with van der Waals surface area (Å²) >= 11 is 0. The smallest absolute Gasteiger partial charge is 0.509 e. The molecule has 15 heavy (non-hydrogen) atoms. The third-order valence-corrected chi connectivity index (χ3v) is 2.52. The number of hydrogen-bond donors (Lipinski definition) is 1. The van der Waals surface area contributed by atoms with Crippen LogP contribution in [0.3, 0.4) is 0 Å². The molecule has 0 atom stereocenters. The van der Waals surface area contributed by atoms with E-state index in [1.165, 1.54) is 0 Å². The summed E-state index contributed by atoms with van der Waals surface area (Å²) in [4.78, 5) is 0. The summed E-state index contributed by atoms with van der Waals surface area (Å²) in [5, 5.41) is 5.25. The first-order chi connectivity index (χ1) is 7.36. The molecule has 0 spiro atoms. The van der Waals surface area contributed by atoms with Crippen molar-refractivity contribution in [1.29, 1.82) is 0 Å². The predicted octanol–water partition coefficient (Wildman–Crippen LogP) is 1.82. The molecule has 3 rings (SSSR count). The average molecular weight is 199 g/mol. The molecule has 1 heterocycles. The van der Waals surface area contributed by atoms with Crippen LogP contribution in [0.2, 0.25) is 0 Å². The molecule has 0 unspecified atom stereocenters. The van der Waals surface area contributed by atoms with E-state index in [1.807, 2.05) is 24.3 Å². The van der Waals surface area contributed by atoms with Crippen molar-refractivity contribution in [3.8, 4) is 11.5 Å². The van der Waals surface area contributed by atoms with Crippen molar-refractivity contribution in [2.24, 2.45) is 0 Å². The van der Waals surface area contributed by atoms with Crippen LogP contribution in [0.1, 0.15) is 0 Å². The summed E-state index contributed by atoms with van der Waals surface area (Å²) in [5.41, 5.74) is 0. The van der Waals surface area contributed by atoms with Gasteiger partial charge in [-0.1, -0.05) is 24.3 Å². The Morgan fingerprint density at radius 2 is 1.53 bits per heavy atom. The Hall–Kier alpha value is -1.68. The molecular formula is C11H10BNO2. The number of hydrogen-bond acceptors (Lipinski definition) is 3. The summed E-state index contributed by atoms with van der Waals surface area (Å²) in [6, 6.07) is 12.2. The first kappa shape index (κ1) is 8.62. The summed E-state index contributed by atoms with van der Waals surface area (Å²) in [6.07, 6.45) is 0. The fourth-order valence-corrected chi connectivity index (χ4v) is 1.76. The number of rotatable bonds is 1. The Kier molecular flexibility index (Phi) is 1.82. The van der Waals surface area contributed by atoms with Crippen LogP contribution >= 0.6 is 0 Å². The van der Waals surface area contributed by atoms with Gasteiger partial charge in [-0.15, -0.1) is 0 Å². The first-order valence-electron chi connectivity index (χ1n) is 4.90. The van der Waals surface area contributed by atoms with E-state index >= 15 is 0 Å². The highest BCUT2D eigenvalue weighted by Gasteiger charge is 2.31. The minimum Gasteiger partial charge on any atom is -0.509 e. The van der Waals surface area contributed by atoms with Gasteiger partial charge in [0.1, 0.15) is 11.5 Å². The monoisotopic (exact) mass is 199 g/mol. The van der Waals surface area contributed by atoms with Crippen LogP contribution in [0.4, 0.5) is 0 Å². The first-order valence-corrected chi connectivity index (χ1v) is 4.90. The Morgan fingerprint density at radius 1 is 1.00 bits per heavy atom. The summed E-state index contributed by atoms with van der Waals surface area (Å²) in [7, 11) is 1.44. The van der Waals surface area contributed by atoms with E-state index in [-0.39, 0.29) is 7.25 Å². The number of benzene rings is 2. The largest absolute Gasteiger partial charge is 0.698 e. The molecule has 2 aromatic rings. The molecule has 0 bridgehead atoms. The topological polar surface area (TPSA) is 30.5 Å². The third-order valence-electron chi connectivity index (χ3n) is 2.52. The summed E-state index contributed by atoms with van der Waals surface area (Å²) < 4.78 is 11.1. The Bertz CT molecular complexity index is 470. The number of nitrogens with one attached hydrogen (secondary N) is 1. The highest BCUT2D eigenvalue weighted by atomic mass is 16.6. The molecule has 0 aromatic heterocycles. The van der Waals surface area contributed by atoms with Crippen LogP contribution in [-0.4, -0.2) is 14.3 Å². The second kappa shape index (κ2) is 3.17. The van der Waals surface area contributed by atoms with Gasteiger partial charge in [0.15, 0.2) is 0 Å². The van der Waals surface area contributed by atoms with Crippen molar-refractivity contribution >= 4 is 18.0 Å². The highest BCUT2D eigenvalue weighted by Crippen LogP contribution is 2.36. The van der Waals surface area contributed by atoms with E-state index in [9.17, 15) is 0 Å². The lowest BCUT2D eigenvalue weighted by Gasteiger charge is -2.00. The van der Waals surface area contributed by atoms with Crippen molar-refractivity contribution in [1.82, 2.24) is 5.23 Å². The van der Waals surface area contributed by atoms with Gasteiger partial charge in [-0.25, -0.2) is 0 Å². The second-order valence-electron chi connectivity index (χ2n) is 3.50. The van der Waals surface area contributed by atoms with Crippen LogP contribution in [0.15, 0.2) is 36.4 Å². The maximum Gasteiger partial charge on any atom is 0.698 e. The van der Waals surface area contributed by atoms with Gasteiger partial charge in [0.05, 0.1) is 0 Å². The lowest BCUT2D eigenvalue weighted by atomic mass is 10.1. The molecule has 3 nitrogen and oxygen atoms in total. The van der Waals surface area contributed by atoms with Crippen molar-refractivity contribution < 1.29 is 9.31 Å². The maximum absolute atomic E-state index is 5.53. The molecule has 0 aliphatic carbocycles. The van der Waals surface area contributed by atoms with Gasteiger partial charge in [0.2, 0.25) is 0 Å². The minimum atomic E-state index is -0.364. The number of fused-ring (bicyclic) bond motifs is 2. The third kappa shape index (κ3) is 1.34. The molecule has 2 aromatic carbocycles. The fourth-order valence-electron chi connectivity index (χ4n) is 1.76. The van der Waals surface area contributed by atoms with Crippen LogP contribution in [0, 0.1) is 0 Å². The van der Waals surface area contributed by atoms with Crippen molar-refractivity contribution in [3.05, 3.63) is 36.4 Å². The average Bonchev–Trinajstić information content (AvgIpc) is 2.67. The minimum absolute atomic E-state index is 0.364. The van der Waals surface area contributed by atoms with Crippen LogP contribution in [0.5, 0.6) is 11.5 Å². The van der Waals surface area contributed by atoms with E-state index < -0.39 is 0 Å². The molecule has 0 fully saturated rings. The van der Waals surface area contributed by atoms with E-state index in [0.29, 0.717) is 0 Å². The van der Waals surface area contributed by atoms with Crippen LogP contribution in [0.25, 0.3) is 10.8 Å². The van der Waals surface area contributed by atoms with Gasteiger partial charge < -0.3 is 9.31 Å². The summed E-state index contributed by atoms with van der Waals surface area (Å²) in [5.74, 6) is 1.60. The lowest BCUT2D eigenvalue weighted by Crippen LogP contribution is -2.39. The molecule has 4 heteroatoms. The van der Waals surface area contributed by atoms with E-state index in [4.69, 9.17) is 9.31 Å². The second-order valence-corrected chi connectivity index (χ2v) is 3.50. The van der Waals surface area contributed by atoms with Crippen molar-refractivity contribution in [2.45, 2.75) is 0 Å². The molecule has 1 aliphatic heterocycles. The van der Waals surface area contributed by atoms with Gasteiger partial charge in [0.25, 0.3) is 0 Å². The molecule has 74 valence electrons. The van der Waals surface area contributed by atoms with Gasteiger partial charge >= 0.3 is 7.25 Å². The zero-order valence-corrected chi connectivity index (χ0v) is 8.36. The Morgan fingerprint density at radius 3 is 2.00 bits per heavy atom. The molecule has 0 saturated heterocycles. The molecule has 0 saturated carbocycles. The van der Waals surface area contributed by atoms with Crippen molar-refractivity contribution in [2.75, 3.05) is 7.05 Å². The Labute approximate surface area is 88.2 Å². The fraction of sp³-hybridized carbons (Fsp3) is 0.0909. The molecule has 0 amide bonds. The van der Waals surface area contributed by atoms with Gasteiger partial charge in [-0.2, -0.15) is 0 Å². The van der Waals surface area contributed by atoms with Gasteiger partial charge in [0, 0.05) is 0 Å². The van der Waals surface area contributed by atoms with Crippen LogP contribution in [-0.2, 0) is 0 Å². The maximum atomic E-state index is 5.53. The molecule has 0 radical (unpaired) electrons. The summed E-state index contributed by atoms with van der Waals surface area (Å²) in [6.45, 7) is 0. The SMILES string of the molecule is CNB1Oc2cc3ccccc3cc2O1. The van der Waals surface area contributed by atoms with Gasteiger partial charge in [-0.3, -0.25) is 5.23 Å². The molecular weight excluding hydrogens is 189 g/mol. The zero-order valence-electron chi connectivity index (χ0n) is 8.36. The standard InChI is InChI=1S/C11H10BNO2/c1-13-12-14-10-6-8-4-2-3-5-9(8)7-11(10)15-12/h2-7,13H,1H3. The lowest BCUT2D eigenvalue weighted by molar-refractivity contribution is 0.482. The predicted molar refractivity (Wildman–Crippen MR) is 60.0 cm³/mol.